The second-order valence-corrected chi connectivity index (χ2v) is 7.94. The Hall–Kier alpha value is -1.16. The smallest absolute Gasteiger partial charge is 0.159 e. The lowest BCUT2D eigenvalue weighted by atomic mass is 9.98. The molecule has 0 fully saturated rings. The second-order valence-electron chi connectivity index (χ2n) is 5.38. The van der Waals surface area contributed by atoms with Gasteiger partial charge in [-0.1, -0.05) is 29.3 Å². The standard InChI is InChI=1S/C14H20O3S/c1-10-6-11(2)8-12(7-10)9-13(15)14(3,4)18(5,16)17/h6-8H,9H2,1-5H3. The molecule has 18 heavy (non-hydrogen) atoms. The van der Waals surface area contributed by atoms with Crippen LogP contribution in [0.25, 0.3) is 0 Å². The van der Waals surface area contributed by atoms with Crippen LogP contribution in [0, 0.1) is 13.8 Å². The van der Waals surface area contributed by atoms with Crippen molar-refractivity contribution in [3.05, 3.63) is 34.9 Å². The lowest BCUT2D eigenvalue weighted by Gasteiger charge is -2.21. The highest BCUT2D eigenvalue weighted by atomic mass is 32.2. The average molecular weight is 268 g/mol. The number of aryl methyl sites for hydroxylation is 2. The van der Waals surface area contributed by atoms with Crippen molar-refractivity contribution in [2.75, 3.05) is 6.26 Å². The molecule has 0 N–H and O–H groups in total. The largest absolute Gasteiger partial charge is 0.298 e. The molecule has 1 aromatic rings. The monoisotopic (exact) mass is 268 g/mol. The number of carbonyl (C=O) groups excluding carboxylic acids is 1. The van der Waals surface area contributed by atoms with E-state index in [9.17, 15) is 13.2 Å². The molecule has 0 amide bonds. The quantitative estimate of drug-likeness (QED) is 0.841. The van der Waals surface area contributed by atoms with Crippen molar-refractivity contribution in [3.8, 4) is 0 Å². The fourth-order valence-corrected chi connectivity index (χ4v) is 2.26. The van der Waals surface area contributed by atoms with Crippen LogP contribution in [0.1, 0.15) is 30.5 Å². The summed E-state index contributed by atoms with van der Waals surface area (Å²) in [5.74, 6) is -0.269. The second kappa shape index (κ2) is 4.84. The summed E-state index contributed by atoms with van der Waals surface area (Å²) in [5.41, 5.74) is 3.03. The topological polar surface area (TPSA) is 51.2 Å². The maximum Gasteiger partial charge on any atom is 0.159 e. The van der Waals surface area contributed by atoms with E-state index in [1.807, 2.05) is 32.0 Å². The number of hydrogen-bond donors (Lipinski definition) is 0. The third kappa shape index (κ3) is 3.19. The molecule has 0 aromatic heterocycles. The van der Waals surface area contributed by atoms with E-state index in [1.54, 1.807) is 0 Å². The van der Waals surface area contributed by atoms with Crippen LogP contribution in [-0.4, -0.2) is 25.2 Å². The molecule has 1 rings (SSSR count). The molecule has 0 atom stereocenters. The van der Waals surface area contributed by atoms with E-state index in [2.05, 4.69) is 0 Å². The van der Waals surface area contributed by atoms with Gasteiger partial charge in [-0.3, -0.25) is 4.79 Å². The Balaban J connectivity index is 3.02. The van der Waals surface area contributed by atoms with Gasteiger partial charge in [0, 0.05) is 12.7 Å². The van der Waals surface area contributed by atoms with Gasteiger partial charge in [0.25, 0.3) is 0 Å². The summed E-state index contributed by atoms with van der Waals surface area (Å²) in [7, 11) is -3.39. The number of hydrogen-bond acceptors (Lipinski definition) is 3. The third-order valence-corrected chi connectivity index (χ3v) is 5.33. The Bertz CT molecular complexity index is 548. The van der Waals surface area contributed by atoms with Crippen molar-refractivity contribution < 1.29 is 13.2 Å². The van der Waals surface area contributed by atoms with Gasteiger partial charge in [0.15, 0.2) is 15.6 Å². The third-order valence-electron chi connectivity index (χ3n) is 3.24. The minimum absolute atomic E-state index is 0.155. The van der Waals surface area contributed by atoms with Gasteiger partial charge in [0.05, 0.1) is 0 Å². The summed E-state index contributed by atoms with van der Waals surface area (Å²) in [6.45, 7) is 6.85. The molecule has 0 aliphatic carbocycles. The molecule has 0 aliphatic rings. The van der Waals surface area contributed by atoms with E-state index in [4.69, 9.17) is 0 Å². The number of Topliss-reactive ketones (excluding diaryl/α,β-unsaturated/α-hetero) is 1. The Morgan fingerprint density at radius 3 is 1.94 bits per heavy atom. The Labute approximate surface area is 109 Å². The first-order valence-electron chi connectivity index (χ1n) is 5.84. The molecule has 3 nitrogen and oxygen atoms in total. The van der Waals surface area contributed by atoms with Gasteiger partial charge in [-0.25, -0.2) is 8.42 Å². The SMILES string of the molecule is Cc1cc(C)cc(CC(=O)C(C)(C)S(C)(=O)=O)c1. The van der Waals surface area contributed by atoms with E-state index in [0.717, 1.165) is 22.9 Å². The fourth-order valence-electron chi connectivity index (χ4n) is 1.78. The van der Waals surface area contributed by atoms with Crippen molar-refractivity contribution in [2.24, 2.45) is 0 Å². The van der Waals surface area contributed by atoms with Crippen LogP contribution in [-0.2, 0) is 21.1 Å². The van der Waals surface area contributed by atoms with Gasteiger partial charge < -0.3 is 0 Å². The predicted octanol–water partition coefficient (Wildman–Crippen LogP) is 2.24. The molecule has 0 saturated heterocycles. The summed E-state index contributed by atoms with van der Waals surface area (Å²) >= 11 is 0. The van der Waals surface area contributed by atoms with Crippen LogP contribution in [0.3, 0.4) is 0 Å². The molecule has 0 bridgehead atoms. The zero-order valence-corrected chi connectivity index (χ0v) is 12.4. The molecule has 100 valence electrons. The molecule has 0 saturated carbocycles. The van der Waals surface area contributed by atoms with Crippen molar-refractivity contribution in [2.45, 2.75) is 38.9 Å². The van der Waals surface area contributed by atoms with Crippen LogP contribution >= 0.6 is 0 Å². The highest BCUT2D eigenvalue weighted by Crippen LogP contribution is 2.20. The molecule has 0 radical (unpaired) electrons. The van der Waals surface area contributed by atoms with E-state index >= 15 is 0 Å². The number of ketones is 1. The Kier molecular flexibility index (Phi) is 4.01. The predicted molar refractivity (Wildman–Crippen MR) is 73.5 cm³/mol. The molecule has 1 aromatic carbocycles. The molecule has 0 spiro atoms. The molecule has 0 heterocycles. The zero-order chi connectivity index (χ0) is 14.1. The Morgan fingerprint density at radius 1 is 1.11 bits per heavy atom. The van der Waals surface area contributed by atoms with Crippen molar-refractivity contribution in [1.82, 2.24) is 0 Å². The van der Waals surface area contributed by atoms with Gasteiger partial charge >= 0.3 is 0 Å². The van der Waals surface area contributed by atoms with Gasteiger partial charge in [0.1, 0.15) is 4.75 Å². The van der Waals surface area contributed by atoms with Crippen LogP contribution in [0.15, 0.2) is 18.2 Å². The summed E-state index contributed by atoms with van der Waals surface area (Å²) < 4.78 is 21.9. The van der Waals surface area contributed by atoms with Crippen molar-refractivity contribution in [1.29, 1.82) is 0 Å². The van der Waals surface area contributed by atoms with Crippen molar-refractivity contribution in [3.63, 3.8) is 0 Å². The fraction of sp³-hybridized carbons (Fsp3) is 0.500. The first-order chi connectivity index (χ1) is 8.04. The summed E-state index contributed by atoms with van der Waals surface area (Å²) in [4.78, 5) is 12.1. The maximum atomic E-state index is 12.1. The van der Waals surface area contributed by atoms with Crippen LogP contribution in [0.4, 0.5) is 0 Å². The first kappa shape index (κ1) is 14.9. The van der Waals surface area contributed by atoms with E-state index in [1.165, 1.54) is 13.8 Å². The van der Waals surface area contributed by atoms with Gasteiger partial charge in [0.2, 0.25) is 0 Å². The van der Waals surface area contributed by atoms with Crippen LogP contribution in [0.5, 0.6) is 0 Å². The lowest BCUT2D eigenvalue weighted by molar-refractivity contribution is -0.120. The number of rotatable bonds is 4. The van der Waals surface area contributed by atoms with Crippen LogP contribution in [0.2, 0.25) is 0 Å². The zero-order valence-electron chi connectivity index (χ0n) is 11.6. The lowest BCUT2D eigenvalue weighted by Crippen LogP contribution is -2.40. The summed E-state index contributed by atoms with van der Waals surface area (Å²) in [6.07, 6.45) is 1.26. The minimum atomic E-state index is -3.39. The molecular formula is C14H20O3S. The van der Waals surface area contributed by atoms with E-state index in [-0.39, 0.29) is 12.2 Å². The Morgan fingerprint density at radius 2 is 1.56 bits per heavy atom. The summed E-state index contributed by atoms with van der Waals surface area (Å²) in [5, 5.41) is 0. The number of benzene rings is 1. The highest BCUT2D eigenvalue weighted by Gasteiger charge is 2.37. The minimum Gasteiger partial charge on any atom is -0.298 e. The van der Waals surface area contributed by atoms with Crippen LogP contribution < -0.4 is 0 Å². The van der Waals surface area contributed by atoms with Gasteiger partial charge in [-0.15, -0.1) is 0 Å². The van der Waals surface area contributed by atoms with Gasteiger partial charge in [-0.2, -0.15) is 0 Å². The molecular weight excluding hydrogens is 248 g/mol. The number of carbonyl (C=O) groups is 1. The maximum absolute atomic E-state index is 12.1. The normalized spacial score (nSPS) is 12.5. The molecule has 4 heteroatoms. The first-order valence-corrected chi connectivity index (χ1v) is 7.73. The average Bonchev–Trinajstić information content (AvgIpc) is 2.13. The van der Waals surface area contributed by atoms with Gasteiger partial charge in [-0.05, 0) is 33.3 Å². The molecule has 0 unspecified atom stereocenters. The summed E-state index contributed by atoms with van der Waals surface area (Å²) in [6, 6.07) is 5.86. The molecule has 0 aliphatic heterocycles. The van der Waals surface area contributed by atoms with E-state index < -0.39 is 14.6 Å². The highest BCUT2D eigenvalue weighted by molar-refractivity contribution is 7.92. The number of sulfone groups is 1. The van der Waals surface area contributed by atoms with Crippen molar-refractivity contribution >= 4 is 15.6 Å². The van der Waals surface area contributed by atoms with E-state index in [0.29, 0.717) is 0 Å².